The number of benzene rings is 1. The average Bonchev–Trinajstić information content (AvgIpc) is 3.22. The molecule has 8 nitrogen and oxygen atoms in total. The van der Waals surface area contributed by atoms with Gasteiger partial charge in [-0.25, -0.2) is 4.68 Å². The van der Waals surface area contributed by atoms with E-state index >= 15 is 0 Å². The summed E-state index contributed by atoms with van der Waals surface area (Å²) in [5.41, 5.74) is 0.718. The van der Waals surface area contributed by atoms with Crippen molar-refractivity contribution in [2.75, 3.05) is 26.2 Å². The molecule has 0 N–H and O–H groups in total. The highest BCUT2D eigenvalue weighted by molar-refractivity contribution is 5.98. The first-order valence-corrected chi connectivity index (χ1v) is 10.9. The number of hydrogen-bond acceptors (Lipinski definition) is 6. The van der Waals surface area contributed by atoms with Gasteiger partial charge in [-0.1, -0.05) is 37.3 Å². The summed E-state index contributed by atoms with van der Waals surface area (Å²) >= 11 is 0. The Labute approximate surface area is 177 Å². The minimum absolute atomic E-state index is 0.0265. The van der Waals surface area contributed by atoms with Gasteiger partial charge < -0.3 is 4.90 Å². The van der Waals surface area contributed by atoms with Crippen molar-refractivity contribution in [2.24, 2.45) is 11.8 Å². The maximum atomic E-state index is 12.9. The van der Waals surface area contributed by atoms with E-state index in [2.05, 4.69) is 27.3 Å². The van der Waals surface area contributed by atoms with E-state index in [1.54, 1.807) is 9.58 Å². The lowest BCUT2D eigenvalue weighted by Gasteiger charge is -2.32. The van der Waals surface area contributed by atoms with Crippen LogP contribution in [-0.2, 0) is 17.9 Å². The SMILES string of the molecule is CC1CCN(Cc2nnnn2CC(=O)N2CCC[C@H](C(=O)c3ccccc3)C2)CC1. The van der Waals surface area contributed by atoms with Crippen molar-refractivity contribution >= 4 is 11.7 Å². The van der Waals surface area contributed by atoms with E-state index in [1.165, 1.54) is 12.8 Å². The van der Waals surface area contributed by atoms with E-state index < -0.39 is 0 Å². The zero-order valence-corrected chi connectivity index (χ0v) is 17.6. The highest BCUT2D eigenvalue weighted by Crippen LogP contribution is 2.22. The topological polar surface area (TPSA) is 84.2 Å². The van der Waals surface area contributed by atoms with Crippen molar-refractivity contribution in [2.45, 2.75) is 45.7 Å². The first kappa shape index (κ1) is 20.7. The van der Waals surface area contributed by atoms with Gasteiger partial charge in [0.1, 0.15) is 6.54 Å². The first-order valence-electron chi connectivity index (χ1n) is 10.9. The molecule has 1 amide bonds. The van der Waals surface area contributed by atoms with Crippen molar-refractivity contribution in [1.29, 1.82) is 0 Å². The predicted octanol–water partition coefficient (Wildman–Crippen LogP) is 2.03. The second kappa shape index (κ2) is 9.47. The number of carbonyl (C=O) groups is 2. The van der Waals surface area contributed by atoms with Crippen LogP contribution >= 0.6 is 0 Å². The summed E-state index contributed by atoms with van der Waals surface area (Å²) in [6.07, 6.45) is 4.03. The van der Waals surface area contributed by atoms with Crippen LogP contribution in [0.25, 0.3) is 0 Å². The molecule has 3 heterocycles. The molecule has 0 radical (unpaired) electrons. The molecule has 2 aromatic rings. The molecule has 0 saturated carbocycles. The Bertz CT molecular complexity index is 860. The fraction of sp³-hybridized carbons (Fsp3) is 0.591. The molecule has 2 saturated heterocycles. The average molecular weight is 411 g/mol. The third-order valence-electron chi connectivity index (χ3n) is 6.34. The van der Waals surface area contributed by atoms with Gasteiger partial charge in [-0.05, 0) is 55.1 Å². The van der Waals surface area contributed by atoms with Crippen LogP contribution in [0.5, 0.6) is 0 Å². The van der Waals surface area contributed by atoms with Gasteiger partial charge in [0.05, 0.1) is 6.54 Å². The maximum absolute atomic E-state index is 12.9. The third-order valence-corrected chi connectivity index (χ3v) is 6.34. The van der Waals surface area contributed by atoms with Crippen molar-refractivity contribution < 1.29 is 9.59 Å². The number of hydrogen-bond donors (Lipinski definition) is 0. The molecule has 0 unspecified atom stereocenters. The molecule has 2 fully saturated rings. The van der Waals surface area contributed by atoms with Gasteiger partial charge in [0.2, 0.25) is 5.91 Å². The van der Waals surface area contributed by atoms with E-state index in [0.717, 1.165) is 43.2 Å². The minimum atomic E-state index is -0.145. The standard InChI is InChI=1S/C22H30N6O2/c1-17-9-12-26(13-10-17)15-20-23-24-25-28(20)16-21(29)27-11-5-8-19(14-27)22(30)18-6-3-2-4-7-18/h2-4,6-7,17,19H,5,8-16H2,1H3/t19-/m0/s1. The molecule has 1 aromatic heterocycles. The Morgan fingerprint density at radius 3 is 2.60 bits per heavy atom. The number of rotatable bonds is 6. The van der Waals surface area contributed by atoms with Gasteiger partial charge in [-0.15, -0.1) is 5.10 Å². The van der Waals surface area contributed by atoms with Crippen LogP contribution in [0.15, 0.2) is 30.3 Å². The monoisotopic (exact) mass is 410 g/mol. The lowest BCUT2D eigenvalue weighted by atomic mass is 9.90. The molecule has 1 atom stereocenters. The van der Waals surface area contributed by atoms with Gasteiger partial charge >= 0.3 is 0 Å². The Morgan fingerprint density at radius 1 is 1.07 bits per heavy atom. The zero-order chi connectivity index (χ0) is 20.9. The van der Waals surface area contributed by atoms with Crippen LogP contribution in [0.4, 0.5) is 0 Å². The van der Waals surface area contributed by atoms with E-state index in [9.17, 15) is 9.59 Å². The number of tetrazole rings is 1. The van der Waals surface area contributed by atoms with Gasteiger partial charge in [-0.3, -0.25) is 14.5 Å². The molecule has 30 heavy (non-hydrogen) atoms. The summed E-state index contributed by atoms with van der Waals surface area (Å²) in [6.45, 7) is 6.30. The lowest BCUT2D eigenvalue weighted by molar-refractivity contribution is -0.133. The number of amides is 1. The van der Waals surface area contributed by atoms with Gasteiger partial charge in [0, 0.05) is 24.6 Å². The zero-order valence-electron chi connectivity index (χ0n) is 17.6. The van der Waals surface area contributed by atoms with Gasteiger partial charge in [0.15, 0.2) is 11.6 Å². The molecule has 8 heteroatoms. The Kier molecular flexibility index (Phi) is 6.52. The molecule has 2 aliphatic heterocycles. The second-order valence-electron chi connectivity index (χ2n) is 8.62. The molecular formula is C22H30N6O2. The van der Waals surface area contributed by atoms with Gasteiger partial charge in [-0.2, -0.15) is 0 Å². The summed E-state index contributed by atoms with van der Waals surface area (Å²) in [5, 5.41) is 12.0. The van der Waals surface area contributed by atoms with Crippen LogP contribution in [-0.4, -0.2) is 67.9 Å². The fourth-order valence-corrected chi connectivity index (χ4v) is 4.36. The Balaban J connectivity index is 1.35. The number of ketones is 1. The quantitative estimate of drug-likeness (QED) is 0.678. The smallest absolute Gasteiger partial charge is 0.244 e. The van der Waals surface area contributed by atoms with E-state index in [4.69, 9.17) is 0 Å². The normalized spacial score (nSPS) is 21.0. The number of likely N-dealkylation sites (tertiary alicyclic amines) is 2. The lowest BCUT2D eigenvalue weighted by Crippen LogP contribution is -2.44. The van der Waals surface area contributed by atoms with Crippen molar-refractivity contribution in [3.8, 4) is 0 Å². The highest BCUT2D eigenvalue weighted by atomic mass is 16.2. The molecule has 4 rings (SSSR count). The van der Waals surface area contributed by atoms with Gasteiger partial charge in [0.25, 0.3) is 0 Å². The number of aromatic nitrogens is 4. The van der Waals surface area contributed by atoms with E-state index in [1.807, 2.05) is 30.3 Å². The van der Waals surface area contributed by atoms with E-state index in [0.29, 0.717) is 19.6 Å². The second-order valence-corrected chi connectivity index (χ2v) is 8.62. The fourth-order valence-electron chi connectivity index (χ4n) is 4.36. The summed E-state index contributed by atoms with van der Waals surface area (Å²) in [4.78, 5) is 29.9. The molecule has 0 spiro atoms. The number of Topliss-reactive ketones (excluding diaryl/α,β-unsaturated/α-hetero) is 1. The predicted molar refractivity (Wildman–Crippen MR) is 112 cm³/mol. The first-order chi connectivity index (χ1) is 14.6. The number of piperidine rings is 2. The largest absolute Gasteiger partial charge is 0.340 e. The number of nitrogens with zero attached hydrogens (tertiary/aromatic N) is 6. The summed E-state index contributed by atoms with van der Waals surface area (Å²) < 4.78 is 1.61. The molecule has 0 aliphatic carbocycles. The molecule has 1 aromatic carbocycles. The van der Waals surface area contributed by atoms with Crippen LogP contribution < -0.4 is 0 Å². The molecular weight excluding hydrogens is 380 g/mol. The molecule has 160 valence electrons. The third kappa shape index (κ3) is 4.92. The van der Waals surface area contributed by atoms with Crippen molar-refractivity contribution in [3.05, 3.63) is 41.7 Å². The Morgan fingerprint density at radius 2 is 1.83 bits per heavy atom. The molecule has 0 bridgehead atoms. The Hall–Kier alpha value is -2.61. The summed E-state index contributed by atoms with van der Waals surface area (Å²) in [6, 6.07) is 9.35. The molecule has 2 aliphatic rings. The van der Waals surface area contributed by atoms with Crippen LogP contribution in [0.1, 0.15) is 48.8 Å². The van der Waals surface area contributed by atoms with Crippen LogP contribution in [0, 0.1) is 11.8 Å². The maximum Gasteiger partial charge on any atom is 0.244 e. The van der Waals surface area contributed by atoms with Crippen molar-refractivity contribution in [3.63, 3.8) is 0 Å². The van der Waals surface area contributed by atoms with Crippen molar-refractivity contribution in [1.82, 2.24) is 30.0 Å². The van der Waals surface area contributed by atoms with E-state index in [-0.39, 0.29) is 24.2 Å². The summed E-state index contributed by atoms with van der Waals surface area (Å²) in [5.74, 6) is 1.45. The summed E-state index contributed by atoms with van der Waals surface area (Å²) in [7, 11) is 0. The van der Waals surface area contributed by atoms with Crippen LogP contribution in [0.2, 0.25) is 0 Å². The highest BCUT2D eigenvalue weighted by Gasteiger charge is 2.29. The van der Waals surface area contributed by atoms with Crippen LogP contribution in [0.3, 0.4) is 0 Å². The number of carbonyl (C=O) groups excluding carboxylic acids is 2. The minimum Gasteiger partial charge on any atom is -0.340 e.